The Morgan fingerprint density at radius 2 is 1.93 bits per heavy atom. The van der Waals surface area contributed by atoms with Crippen molar-refractivity contribution in [1.82, 2.24) is 19.9 Å². The van der Waals surface area contributed by atoms with Gasteiger partial charge in [0.25, 0.3) is 11.6 Å². The minimum Gasteiger partial charge on any atom is -0.466 e. The van der Waals surface area contributed by atoms with Crippen molar-refractivity contribution in [3.63, 3.8) is 0 Å². The van der Waals surface area contributed by atoms with Gasteiger partial charge in [-0.15, -0.1) is 0 Å². The number of fused-ring (bicyclic) bond motifs is 1. The number of aliphatic hydroxyl groups excluding tert-OH is 1. The number of hydrogen-bond donors (Lipinski definition) is 1. The van der Waals surface area contributed by atoms with Gasteiger partial charge in [0.1, 0.15) is 11.5 Å². The summed E-state index contributed by atoms with van der Waals surface area (Å²) >= 11 is 0. The molecular formula is C21H26N4O4. The second-order valence-corrected chi connectivity index (χ2v) is 7.77. The van der Waals surface area contributed by atoms with E-state index in [0.29, 0.717) is 47.7 Å². The van der Waals surface area contributed by atoms with Crippen LogP contribution in [0.4, 0.5) is 0 Å². The zero-order valence-corrected chi connectivity index (χ0v) is 17.2. The molecule has 1 aliphatic heterocycles. The Balaban J connectivity index is 1.68. The third kappa shape index (κ3) is 3.77. The van der Waals surface area contributed by atoms with Crippen molar-refractivity contribution >= 4 is 17.0 Å². The van der Waals surface area contributed by atoms with E-state index in [1.54, 1.807) is 6.92 Å². The average Bonchev–Trinajstić information content (AvgIpc) is 3.22. The molecule has 1 N–H and O–H groups in total. The second kappa shape index (κ2) is 7.61. The van der Waals surface area contributed by atoms with E-state index in [-0.39, 0.29) is 12.0 Å². The summed E-state index contributed by atoms with van der Waals surface area (Å²) in [6.07, 6.45) is -0.374. The van der Waals surface area contributed by atoms with Crippen LogP contribution >= 0.6 is 0 Å². The predicted octanol–water partition coefficient (Wildman–Crippen LogP) is 2.55. The summed E-state index contributed by atoms with van der Waals surface area (Å²) in [4.78, 5) is 22.0. The fourth-order valence-electron chi connectivity index (χ4n) is 3.96. The highest BCUT2D eigenvalue weighted by Gasteiger charge is 2.27. The molecule has 4 rings (SSSR count). The molecule has 1 aliphatic rings. The van der Waals surface area contributed by atoms with E-state index >= 15 is 0 Å². The van der Waals surface area contributed by atoms with Crippen molar-refractivity contribution in [2.45, 2.75) is 33.8 Å². The van der Waals surface area contributed by atoms with Crippen LogP contribution in [-0.4, -0.2) is 69.8 Å². The first-order valence-corrected chi connectivity index (χ1v) is 9.87. The van der Waals surface area contributed by atoms with E-state index in [9.17, 15) is 9.90 Å². The van der Waals surface area contributed by atoms with E-state index in [2.05, 4.69) is 15.0 Å². The number of furan rings is 1. The lowest BCUT2D eigenvalue weighted by atomic mass is 10.0. The number of hydrogen-bond acceptors (Lipinski definition) is 7. The summed E-state index contributed by atoms with van der Waals surface area (Å²) in [5.74, 6) is 1.48. The Morgan fingerprint density at radius 3 is 2.55 bits per heavy atom. The topological polar surface area (TPSA) is 95.8 Å². The number of rotatable bonds is 4. The van der Waals surface area contributed by atoms with Gasteiger partial charge in [-0.25, -0.2) is 4.98 Å². The molecule has 8 heteroatoms. The highest BCUT2D eigenvalue weighted by molar-refractivity contribution is 6.07. The summed E-state index contributed by atoms with van der Waals surface area (Å²) in [5.41, 5.74) is 3.03. The Hall–Kier alpha value is -2.71. The highest BCUT2D eigenvalue weighted by Crippen LogP contribution is 2.31. The molecule has 1 saturated heterocycles. The van der Waals surface area contributed by atoms with Crippen molar-refractivity contribution in [2.24, 2.45) is 0 Å². The van der Waals surface area contributed by atoms with Gasteiger partial charge in [0.2, 0.25) is 0 Å². The summed E-state index contributed by atoms with van der Waals surface area (Å²) in [5, 5.41) is 14.3. The van der Waals surface area contributed by atoms with Gasteiger partial charge >= 0.3 is 0 Å². The van der Waals surface area contributed by atoms with Crippen LogP contribution in [0, 0.1) is 20.8 Å². The van der Waals surface area contributed by atoms with Gasteiger partial charge in [-0.2, -0.15) is 0 Å². The molecule has 1 amide bonds. The number of amides is 1. The zero-order chi connectivity index (χ0) is 20.7. The molecule has 8 nitrogen and oxygen atoms in total. The summed E-state index contributed by atoms with van der Waals surface area (Å²) in [7, 11) is 0. The third-order valence-electron chi connectivity index (χ3n) is 5.35. The second-order valence-electron chi connectivity index (χ2n) is 7.77. The molecule has 0 aromatic carbocycles. The van der Waals surface area contributed by atoms with Gasteiger partial charge in [0, 0.05) is 38.3 Å². The monoisotopic (exact) mass is 398 g/mol. The van der Waals surface area contributed by atoms with Crippen LogP contribution in [0.1, 0.15) is 34.5 Å². The minimum absolute atomic E-state index is 0.0560. The molecular weight excluding hydrogens is 372 g/mol. The van der Waals surface area contributed by atoms with E-state index in [1.165, 1.54) is 0 Å². The number of aryl methyl sites for hydroxylation is 3. The fourth-order valence-corrected chi connectivity index (χ4v) is 3.96. The molecule has 154 valence electrons. The van der Waals surface area contributed by atoms with Gasteiger partial charge in [-0.3, -0.25) is 9.69 Å². The molecule has 29 heavy (non-hydrogen) atoms. The smallest absolute Gasteiger partial charge is 0.259 e. The maximum absolute atomic E-state index is 13.4. The molecule has 0 saturated carbocycles. The fraction of sp³-hybridized carbons (Fsp3) is 0.476. The number of nitrogens with zero attached hydrogens (tertiary/aromatic N) is 4. The SMILES string of the molecule is Cc1cc(-c2cc(C(=O)N3CCN(C[C@@H](C)O)CC3)c3c(C)noc3n2)c(C)o1. The number of carbonyl (C=O) groups excluding carboxylic acids is 1. The standard InChI is InChI=1S/C21H26N4O4/c1-12(26)11-24-5-7-25(8-6-24)21(27)17-10-18(16-9-13(2)28-15(16)4)22-20-19(17)14(3)23-29-20/h9-10,12,26H,5-8,11H2,1-4H3/t12-/m1/s1. The average molecular weight is 398 g/mol. The van der Waals surface area contributed by atoms with Crippen LogP contribution in [0.5, 0.6) is 0 Å². The normalized spacial score (nSPS) is 16.5. The summed E-state index contributed by atoms with van der Waals surface area (Å²) in [6.45, 7) is 10.7. The number of carbonyl (C=O) groups is 1. The Labute approximate surface area is 169 Å². The van der Waals surface area contributed by atoms with Crippen LogP contribution in [0.2, 0.25) is 0 Å². The molecule has 3 aromatic heterocycles. The van der Waals surface area contributed by atoms with Gasteiger partial charge in [0.05, 0.1) is 28.4 Å². The van der Waals surface area contributed by atoms with Crippen LogP contribution < -0.4 is 0 Å². The van der Waals surface area contributed by atoms with E-state index < -0.39 is 0 Å². The number of piperazine rings is 1. The van der Waals surface area contributed by atoms with Crippen LogP contribution in [0.15, 0.2) is 21.1 Å². The number of aliphatic hydroxyl groups is 1. The molecule has 1 fully saturated rings. The lowest BCUT2D eigenvalue weighted by Crippen LogP contribution is -2.50. The van der Waals surface area contributed by atoms with Crippen LogP contribution in [0.3, 0.4) is 0 Å². The molecule has 4 heterocycles. The molecule has 0 unspecified atom stereocenters. The highest BCUT2D eigenvalue weighted by atomic mass is 16.5. The van der Waals surface area contributed by atoms with Gasteiger partial charge in [-0.1, -0.05) is 5.16 Å². The Morgan fingerprint density at radius 1 is 1.21 bits per heavy atom. The quantitative estimate of drug-likeness (QED) is 0.721. The molecule has 3 aromatic rings. The largest absolute Gasteiger partial charge is 0.466 e. The zero-order valence-electron chi connectivity index (χ0n) is 17.2. The molecule has 0 radical (unpaired) electrons. The van der Waals surface area contributed by atoms with Gasteiger partial charge in [-0.05, 0) is 39.8 Å². The van der Waals surface area contributed by atoms with Crippen LogP contribution in [-0.2, 0) is 0 Å². The summed E-state index contributed by atoms with van der Waals surface area (Å²) in [6, 6.07) is 3.73. The van der Waals surface area contributed by atoms with Gasteiger partial charge < -0.3 is 18.9 Å². The maximum Gasteiger partial charge on any atom is 0.259 e. The van der Waals surface area contributed by atoms with Crippen molar-refractivity contribution < 1.29 is 18.8 Å². The first kappa shape index (κ1) is 19.6. The lowest BCUT2D eigenvalue weighted by Gasteiger charge is -2.35. The summed E-state index contributed by atoms with van der Waals surface area (Å²) < 4.78 is 11.0. The van der Waals surface area contributed by atoms with Crippen molar-refractivity contribution in [3.05, 3.63) is 34.9 Å². The van der Waals surface area contributed by atoms with Gasteiger partial charge in [0.15, 0.2) is 0 Å². The molecule has 1 atom stereocenters. The van der Waals surface area contributed by atoms with E-state index in [1.807, 2.05) is 37.8 Å². The lowest BCUT2D eigenvalue weighted by molar-refractivity contribution is 0.0555. The number of aromatic nitrogens is 2. The third-order valence-corrected chi connectivity index (χ3v) is 5.35. The molecule has 0 aliphatic carbocycles. The van der Waals surface area contributed by atoms with E-state index in [4.69, 9.17) is 8.94 Å². The number of β-amino-alcohol motifs (C(OH)–C–C–N with tert-alkyl or cyclic N) is 1. The Bertz CT molecular complexity index is 1040. The predicted molar refractivity (Wildman–Crippen MR) is 108 cm³/mol. The van der Waals surface area contributed by atoms with Crippen molar-refractivity contribution in [1.29, 1.82) is 0 Å². The molecule has 0 bridgehead atoms. The van der Waals surface area contributed by atoms with Crippen molar-refractivity contribution in [3.8, 4) is 11.3 Å². The first-order valence-electron chi connectivity index (χ1n) is 9.87. The van der Waals surface area contributed by atoms with E-state index in [0.717, 1.165) is 30.2 Å². The minimum atomic E-state index is -0.374. The maximum atomic E-state index is 13.4. The number of pyridine rings is 1. The molecule has 0 spiro atoms. The first-order chi connectivity index (χ1) is 13.8. The van der Waals surface area contributed by atoms with Crippen molar-refractivity contribution in [2.75, 3.05) is 32.7 Å². The van der Waals surface area contributed by atoms with Crippen LogP contribution in [0.25, 0.3) is 22.4 Å². The Kier molecular flexibility index (Phi) is 5.14.